The van der Waals surface area contributed by atoms with E-state index in [0.717, 1.165) is 18.0 Å². The van der Waals surface area contributed by atoms with Crippen LogP contribution in [-0.2, 0) is 4.74 Å². The molecule has 3 heteroatoms. The second-order valence-corrected chi connectivity index (χ2v) is 4.85. The predicted octanol–water partition coefficient (Wildman–Crippen LogP) is 3.31. The van der Waals surface area contributed by atoms with Gasteiger partial charge < -0.3 is 14.8 Å². The largest absolute Gasteiger partial charge is 0.494 e. The molecule has 1 aromatic rings. The first-order chi connectivity index (χ1) is 8.01. The molecule has 1 rings (SSSR count). The molecule has 0 aromatic heterocycles. The van der Waals surface area contributed by atoms with Crippen LogP contribution in [0.25, 0.3) is 0 Å². The summed E-state index contributed by atoms with van der Waals surface area (Å²) in [5.74, 6) is 0.897. The molecule has 0 amide bonds. The van der Waals surface area contributed by atoms with Crippen LogP contribution in [0, 0.1) is 0 Å². The highest BCUT2D eigenvalue weighted by atomic mass is 16.5. The molecule has 1 N–H and O–H groups in total. The minimum atomic E-state index is -0.0746. The Morgan fingerprint density at radius 3 is 2.65 bits per heavy atom. The Labute approximate surface area is 104 Å². The van der Waals surface area contributed by atoms with Crippen molar-refractivity contribution in [1.29, 1.82) is 0 Å². The maximum Gasteiger partial charge on any atom is 0.121 e. The second kappa shape index (κ2) is 6.50. The standard InChI is InChI=1S/C14H23NO2/c1-5-16-13-8-6-7-12(11-13)15-9-10-17-14(2,3)4/h6-8,11,15H,5,9-10H2,1-4H3. The SMILES string of the molecule is CCOc1cccc(NCCOC(C)(C)C)c1. The molecule has 0 fully saturated rings. The Hall–Kier alpha value is -1.22. The molecule has 0 aliphatic rings. The number of benzene rings is 1. The van der Waals surface area contributed by atoms with Gasteiger partial charge in [0.1, 0.15) is 5.75 Å². The minimum absolute atomic E-state index is 0.0746. The van der Waals surface area contributed by atoms with Gasteiger partial charge in [-0.1, -0.05) is 6.07 Å². The van der Waals surface area contributed by atoms with Gasteiger partial charge in [-0.3, -0.25) is 0 Å². The molecule has 0 heterocycles. The van der Waals surface area contributed by atoms with Gasteiger partial charge >= 0.3 is 0 Å². The average molecular weight is 237 g/mol. The lowest BCUT2D eigenvalue weighted by Crippen LogP contribution is -2.23. The maximum absolute atomic E-state index is 5.64. The van der Waals surface area contributed by atoms with E-state index in [1.54, 1.807) is 0 Å². The topological polar surface area (TPSA) is 30.5 Å². The van der Waals surface area contributed by atoms with Crippen molar-refractivity contribution in [3.63, 3.8) is 0 Å². The first-order valence-corrected chi connectivity index (χ1v) is 6.12. The predicted molar refractivity (Wildman–Crippen MR) is 71.8 cm³/mol. The van der Waals surface area contributed by atoms with E-state index in [1.165, 1.54) is 0 Å². The fraction of sp³-hybridized carbons (Fsp3) is 0.571. The summed E-state index contributed by atoms with van der Waals surface area (Å²) in [6, 6.07) is 7.97. The number of ether oxygens (including phenoxy) is 2. The lowest BCUT2D eigenvalue weighted by Gasteiger charge is -2.19. The first-order valence-electron chi connectivity index (χ1n) is 6.12. The van der Waals surface area contributed by atoms with E-state index in [-0.39, 0.29) is 5.60 Å². The van der Waals surface area contributed by atoms with Gasteiger partial charge in [0.2, 0.25) is 0 Å². The van der Waals surface area contributed by atoms with E-state index < -0.39 is 0 Å². The quantitative estimate of drug-likeness (QED) is 0.770. The molecule has 3 nitrogen and oxygen atoms in total. The van der Waals surface area contributed by atoms with Gasteiger partial charge in [0, 0.05) is 18.3 Å². The summed E-state index contributed by atoms with van der Waals surface area (Å²) >= 11 is 0. The van der Waals surface area contributed by atoms with Crippen molar-refractivity contribution in [3.05, 3.63) is 24.3 Å². The van der Waals surface area contributed by atoms with Crippen molar-refractivity contribution in [3.8, 4) is 5.75 Å². The van der Waals surface area contributed by atoms with Gasteiger partial charge in [-0.2, -0.15) is 0 Å². The van der Waals surface area contributed by atoms with E-state index in [1.807, 2.05) is 31.2 Å². The molecule has 0 atom stereocenters. The Morgan fingerprint density at radius 2 is 2.00 bits per heavy atom. The highest BCUT2D eigenvalue weighted by molar-refractivity contribution is 5.48. The zero-order valence-corrected chi connectivity index (χ0v) is 11.2. The van der Waals surface area contributed by atoms with Gasteiger partial charge in [0.25, 0.3) is 0 Å². The van der Waals surface area contributed by atoms with Gasteiger partial charge in [-0.25, -0.2) is 0 Å². The van der Waals surface area contributed by atoms with Crippen molar-refractivity contribution < 1.29 is 9.47 Å². The highest BCUT2D eigenvalue weighted by Gasteiger charge is 2.08. The molecule has 0 aliphatic heterocycles. The number of hydrogen-bond donors (Lipinski definition) is 1. The third kappa shape index (κ3) is 6.17. The van der Waals surface area contributed by atoms with Crippen LogP contribution in [0.15, 0.2) is 24.3 Å². The zero-order chi connectivity index (χ0) is 12.7. The van der Waals surface area contributed by atoms with Crippen molar-refractivity contribution in [1.82, 2.24) is 0 Å². The van der Waals surface area contributed by atoms with Crippen molar-refractivity contribution >= 4 is 5.69 Å². The summed E-state index contributed by atoms with van der Waals surface area (Å²) in [7, 11) is 0. The van der Waals surface area contributed by atoms with Gasteiger partial charge in [0.05, 0.1) is 18.8 Å². The summed E-state index contributed by atoms with van der Waals surface area (Å²) in [4.78, 5) is 0. The first kappa shape index (κ1) is 13.8. The summed E-state index contributed by atoms with van der Waals surface area (Å²) in [5, 5.41) is 3.31. The van der Waals surface area contributed by atoms with E-state index in [9.17, 15) is 0 Å². The lowest BCUT2D eigenvalue weighted by atomic mass is 10.2. The van der Waals surface area contributed by atoms with E-state index in [0.29, 0.717) is 13.2 Å². The summed E-state index contributed by atoms with van der Waals surface area (Å²) in [6.45, 7) is 10.3. The van der Waals surface area contributed by atoms with Gasteiger partial charge in [-0.05, 0) is 39.8 Å². The smallest absolute Gasteiger partial charge is 0.121 e. The third-order valence-corrected chi connectivity index (χ3v) is 2.11. The lowest BCUT2D eigenvalue weighted by molar-refractivity contribution is 0.00333. The monoisotopic (exact) mass is 237 g/mol. The summed E-state index contributed by atoms with van der Waals surface area (Å²) in [5.41, 5.74) is 0.989. The normalized spacial score (nSPS) is 11.3. The van der Waals surface area contributed by atoms with Crippen LogP contribution >= 0.6 is 0 Å². The van der Waals surface area contributed by atoms with Crippen LogP contribution in [0.5, 0.6) is 5.75 Å². The van der Waals surface area contributed by atoms with Crippen molar-refractivity contribution in [2.24, 2.45) is 0 Å². The second-order valence-electron chi connectivity index (χ2n) is 4.85. The molecule has 0 bridgehead atoms. The summed E-state index contributed by atoms with van der Waals surface area (Å²) in [6.07, 6.45) is 0. The molecule has 0 aliphatic carbocycles. The molecule has 17 heavy (non-hydrogen) atoms. The van der Waals surface area contributed by atoms with Crippen LogP contribution < -0.4 is 10.1 Å². The number of hydrogen-bond acceptors (Lipinski definition) is 3. The zero-order valence-electron chi connectivity index (χ0n) is 11.2. The third-order valence-electron chi connectivity index (χ3n) is 2.11. The van der Waals surface area contributed by atoms with Crippen LogP contribution in [0.3, 0.4) is 0 Å². The summed E-state index contributed by atoms with van der Waals surface area (Å²) < 4.78 is 11.1. The van der Waals surface area contributed by atoms with Crippen LogP contribution in [0.2, 0.25) is 0 Å². The van der Waals surface area contributed by atoms with Crippen LogP contribution in [0.1, 0.15) is 27.7 Å². The number of anilines is 1. The van der Waals surface area contributed by atoms with Crippen LogP contribution in [0.4, 0.5) is 5.69 Å². The van der Waals surface area contributed by atoms with Crippen molar-refractivity contribution in [2.45, 2.75) is 33.3 Å². The maximum atomic E-state index is 5.64. The fourth-order valence-corrected chi connectivity index (χ4v) is 1.42. The fourth-order valence-electron chi connectivity index (χ4n) is 1.42. The Kier molecular flexibility index (Phi) is 5.29. The Balaban J connectivity index is 2.34. The molecular weight excluding hydrogens is 214 g/mol. The van der Waals surface area contributed by atoms with E-state index in [4.69, 9.17) is 9.47 Å². The van der Waals surface area contributed by atoms with Gasteiger partial charge in [-0.15, -0.1) is 0 Å². The highest BCUT2D eigenvalue weighted by Crippen LogP contribution is 2.17. The van der Waals surface area contributed by atoms with E-state index in [2.05, 4.69) is 26.1 Å². The molecule has 0 radical (unpaired) electrons. The molecule has 0 unspecified atom stereocenters. The van der Waals surface area contributed by atoms with Crippen molar-refractivity contribution in [2.75, 3.05) is 25.1 Å². The van der Waals surface area contributed by atoms with Gasteiger partial charge in [0.15, 0.2) is 0 Å². The number of rotatable bonds is 6. The molecule has 0 saturated heterocycles. The average Bonchev–Trinajstić information content (AvgIpc) is 2.24. The molecular formula is C14H23NO2. The molecule has 0 saturated carbocycles. The molecule has 0 spiro atoms. The molecule has 1 aromatic carbocycles. The Morgan fingerprint density at radius 1 is 1.24 bits per heavy atom. The van der Waals surface area contributed by atoms with Crippen LogP contribution in [-0.4, -0.2) is 25.4 Å². The minimum Gasteiger partial charge on any atom is -0.494 e. The molecule has 96 valence electrons. The van der Waals surface area contributed by atoms with E-state index >= 15 is 0 Å². The number of nitrogens with one attached hydrogen (secondary N) is 1. The Bertz CT molecular complexity index is 331.